The van der Waals surface area contributed by atoms with Crippen molar-refractivity contribution in [3.05, 3.63) is 59.2 Å². The zero-order chi connectivity index (χ0) is 13.1. The number of hydrogen-bond donors (Lipinski definition) is 0. The first kappa shape index (κ1) is 12.6. The van der Waals surface area contributed by atoms with Gasteiger partial charge in [0.25, 0.3) is 0 Å². The van der Waals surface area contributed by atoms with Crippen LogP contribution in [0, 0.1) is 29.9 Å². The van der Waals surface area contributed by atoms with Gasteiger partial charge in [0.05, 0.1) is 16.5 Å². The second kappa shape index (κ2) is 5.19. The molecular formula is C14H9F2NS. The van der Waals surface area contributed by atoms with Gasteiger partial charge in [-0.05, 0) is 30.7 Å². The molecule has 2 aromatic rings. The summed E-state index contributed by atoms with van der Waals surface area (Å²) >= 11 is 1.03. The highest BCUT2D eigenvalue weighted by Crippen LogP contribution is 2.34. The molecule has 0 spiro atoms. The number of rotatable bonds is 2. The zero-order valence-electron chi connectivity index (χ0n) is 9.58. The van der Waals surface area contributed by atoms with E-state index in [2.05, 4.69) is 0 Å². The van der Waals surface area contributed by atoms with Crippen LogP contribution in [0.4, 0.5) is 8.78 Å². The third kappa shape index (κ3) is 2.52. The lowest BCUT2D eigenvalue weighted by Crippen LogP contribution is -1.91. The third-order valence-corrected chi connectivity index (χ3v) is 3.71. The van der Waals surface area contributed by atoms with Crippen LogP contribution < -0.4 is 0 Å². The van der Waals surface area contributed by atoms with E-state index in [-0.39, 0.29) is 10.5 Å². The van der Waals surface area contributed by atoms with Gasteiger partial charge in [0.1, 0.15) is 11.6 Å². The molecule has 1 nitrogen and oxygen atoms in total. The van der Waals surface area contributed by atoms with Gasteiger partial charge in [-0.15, -0.1) is 0 Å². The number of halogens is 2. The van der Waals surface area contributed by atoms with Gasteiger partial charge >= 0.3 is 0 Å². The highest BCUT2D eigenvalue weighted by atomic mass is 32.2. The van der Waals surface area contributed by atoms with E-state index in [0.29, 0.717) is 0 Å². The molecule has 0 saturated heterocycles. The smallest absolute Gasteiger partial charge is 0.141 e. The van der Waals surface area contributed by atoms with Crippen molar-refractivity contribution in [2.24, 2.45) is 0 Å². The Balaban J connectivity index is 2.42. The first-order valence-electron chi connectivity index (χ1n) is 5.24. The van der Waals surface area contributed by atoms with Crippen molar-refractivity contribution >= 4 is 11.8 Å². The minimum absolute atomic E-state index is 0.0147. The minimum Gasteiger partial charge on any atom is -0.206 e. The lowest BCUT2D eigenvalue weighted by Gasteiger charge is -2.07. The predicted molar refractivity (Wildman–Crippen MR) is 66.4 cm³/mol. The number of aryl methyl sites for hydroxylation is 1. The Morgan fingerprint density at radius 1 is 1.11 bits per heavy atom. The topological polar surface area (TPSA) is 23.8 Å². The molecule has 0 radical (unpaired) electrons. The SMILES string of the molecule is Cc1ccccc1Sc1c(F)cc(C#N)cc1F. The largest absolute Gasteiger partial charge is 0.206 e. The van der Waals surface area contributed by atoms with Gasteiger partial charge in [0.2, 0.25) is 0 Å². The molecule has 0 saturated carbocycles. The summed E-state index contributed by atoms with van der Waals surface area (Å²) in [5, 5.41) is 8.62. The van der Waals surface area contributed by atoms with E-state index in [4.69, 9.17) is 5.26 Å². The lowest BCUT2D eigenvalue weighted by molar-refractivity contribution is 0.540. The third-order valence-electron chi connectivity index (χ3n) is 2.43. The molecule has 0 heterocycles. The Hall–Kier alpha value is -1.86. The normalized spacial score (nSPS) is 10.1. The summed E-state index contributed by atoms with van der Waals surface area (Å²) < 4.78 is 27.4. The van der Waals surface area contributed by atoms with E-state index in [9.17, 15) is 8.78 Å². The Morgan fingerprint density at radius 2 is 1.72 bits per heavy atom. The molecule has 0 aliphatic carbocycles. The fourth-order valence-electron chi connectivity index (χ4n) is 1.50. The quantitative estimate of drug-likeness (QED) is 0.805. The summed E-state index contributed by atoms with van der Waals surface area (Å²) in [7, 11) is 0. The van der Waals surface area contributed by atoms with Gasteiger partial charge in [0, 0.05) is 4.90 Å². The summed E-state index contributed by atoms with van der Waals surface area (Å²) in [4.78, 5) is 0.711. The second-order valence-electron chi connectivity index (χ2n) is 3.75. The van der Waals surface area contributed by atoms with E-state index >= 15 is 0 Å². The molecule has 0 bridgehead atoms. The highest BCUT2D eigenvalue weighted by Gasteiger charge is 2.13. The first-order valence-corrected chi connectivity index (χ1v) is 6.06. The van der Waals surface area contributed by atoms with Gasteiger partial charge in [-0.1, -0.05) is 30.0 Å². The standard InChI is InChI=1S/C14H9F2NS/c1-9-4-2-3-5-13(9)18-14-11(15)6-10(8-17)7-12(14)16/h2-7H,1H3. The fraction of sp³-hybridized carbons (Fsp3) is 0.0714. The van der Waals surface area contributed by atoms with Crippen LogP contribution in [0.5, 0.6) is 0 Å². The maximum absolute atomic E-state index is 13.7. The molecule has 0 amide bonds. The average Bonchev–Trinajstić information content (AvgIpc) is 2.35. The Bertz CT molecular complexity index is 609. The molecular weight excluding hydrogens is 252 g/mol. The van der Waals surface area contributed by atoms with Crippen molar-refractivity contribution in [1.29, 1.82) is 5.26 Å². The molecule has 0 N–H and O–H groups in total. The molecule has 18 heavy (non-hydrogen) atoms. The van der Waals surface area contributed by atoms with Gasteiger partial charge in [-0.2, -0.15) is 5.26 Å². The molecule has 0 aliphatic heterocycles. The fourth-order valence-corrected chi connectivity index (χ4v) is 2.41. The van der Waals surface area contributed by atoms with Crippen molar-refractivity contribution in [3.8, 4) is 6.07 Å². The van der Waals surface area contributed by atoms with E-state index in [1.54, 1.807) is 12.1 Å². The minimum atomic E-state index is -0.709. The summed E-state index contributed by atoms with van der Waals surface area (Å²) in [5.74, 6) is -1.42. The molecule has 0 fully saturated rings. The van der Waals surface area contributed by atoms with Crippen molar-refractivity contribution in [3.63, 3.8) is 0 Å². The van der Waals surface area contributed by atoms with Crippen molar-refractivity contribution in [2.75, 3.05) is 0 Å². The summed E-state index contributed by atoms with van der Waals surface area (Å²) in [5.41, 5.74) is 0.935. The van der Waals surface area contributed by atoms with Gasteiger partial charge in [0.15, 0.2) is 0 Å². The van der Waals surface area contributed by atoms with Gasteiger partial charge < -0.3 is 0 Å². The molecule has 2 rings (SSSR count). The maximum atomic E-state index is 13.7. The van der Waals surface area contributed by atoms with Crippen LogP contribution in [-0.4, -0.2) is 0 Å². The van der Waals surface area contributed by atoms with Crippen molar-refractivity contribution in [1.82, 2.24) is 0 Å². The van der Waals surface area contributed by atoms with Crippen molar-refractivity contribution in [2.45, 2.75) is 16.7 Å². The molecule has 0 aromatic heterocycles. The number of benzene rings is 2. The molecule has 0 aliphatic rings. The van der Waals surface area contributed by atoms with E-state index < -0.39 is 11.6 Å². The Kier molecular flexibility index (Phi) is 3.63. The summed E-state index contributed by atoms with van der Waals surface area (Å²) in [6.07, 6.45) is 0. The van der Waals surface area contributed by atoms with E-state index in [0.717, 1.165) is 34.4 Å². The predicted octanol–water partition coefficient (Wildman–Crippen LogP) is 4.30. The second-order valence-corrected chi connectivity index (χ2v) is 4.80. The monoisotopic (exact) mass is 261 g/mol. The zero-order valence-corrected chi connectivity index (χ0v) is 10.4. The van der Waals surface area contributed by atoms with Crippen molar-refractivity contribution < 1.29 is 8.78 Å². The van der Waals surface area contributed by atoms with E-state index in [1.807, 2.05) is 25.1 Å². The van der Waals surface area contributed by atoms with Crippen LogP contribution >= 0.6 is 11.8 Å². The molecule has 2 aromatic carbocycles. The average molecular weight is 261 g/mol. The van der Waals surface area contributed by atoms with Crippen LogP contribution in [0.15, 0.2) is 46.2 Å². The number of nitrogens with zero attached hydrogens (tertiary/aromatic N) is 1. The Morgan fingerprint density at radius 3 is 2.28 bits per heavy atom. The van der Waals surface area contributed by atoms with Crippen LogP contribution in [-0.2, 0) is 0 Å². The Labute approximate surface area is 108 Å². The molecule has 4 heteroatoms. The van der Waals surface area contributed by atoms with Crippen LogP contribution in [0.25, 0.3) is 0 Å². The summed E-state index contributed by atoms with van der Waals surface area (Å²) in [6, 6.07) is 11.2. The van der Waals surface area contributed by atoms with Crippen LogP contribution in [0.3, 0.4) is 0 Å². The highest BCUT2D eigenvalue weighted by molar-refractivity contribution is 7.99. The molecule has 0 unspecified atom stereocenters. The van der Waals surface area contributed by atoms with Crippen LogP contribution in [0.1, 0.15) is 11.1 Å². The maximum Gasteiger partial charge on any atom is 0.141 e. The summed E-state index contributed by atoms with van der Waals surface area (Å²) in [6.45, 7) is 1.88. The van der Waals surface area contributed by atoms with Gasteiger partial charge in [-0.3, -0.25) is 0 Å². The number of nitriles is 1. The number of hydrogen-bond acceptors (Lipinski definition) is 2. The molecule has 0 atom stereocenters. The lowest BCUT2D eigenvalue weighted by atomic mass is 10.2. The van der Waals surface area contributed by atoms with Crippen LogP contribution in [0.2, 0.25) is 0 Å². The van der Waals surface area contributed by atoms with E-state index in [1.165, 1.54) is 0 Å². The molecule has 90 valence electrons. The first-order chi connectivity index (χ1) is 8.61. The van der Waals surface area contributed by atoms with Gasteiger partial charge in [-0.25, -0.2) is 8.78 Å².